The van der Waals surface area contributed by atoms with Crippen LogP contribution in [0.25, 0.3) is 0 Å². The van der Waals surface area contributed by atoms with E-state index in [4.69, 9.17) is 14.2 Å². The number of carbonyl (C=O) groups excluding carboxylic acids is 2. The fourth-order valence-electron chi connectivity index (χ4n) is 3.59. The first-order chi connectivity index (χ1) is 13.9. The van der Waals surface area contributed by atoms with E-state index in [2.05, 4.69) is 0 Å². The Labute approximate surface area is 169 Å². The van der Waals surface area contributed by atoms with Gasteiger partial charge in [0.05, 0.1) is 20.3 Å². The number of phenolic OH excluding ortho intramolecular Hbond substituents is 1. The molecule has 1 atom stereocenters. The molecular formula is C22H25NO6. The molecule has 1 aliphatic rings. The molecule has 7 nitrogen and oxygen atoms in total. The molecule has 1 N–H and O–H groups in total. The van der Waals surface area contributed by atoms with Gasteiger partial charge >= 0.3 is 5.97 Å². The number of hydrogen-bond donors (Lipinski definition) is 1. The van der Waals surface area contributed by atoms with Gasteiger partial charge in [0.15, 0.2) is 6.61 Å². The molecule has 7 heteroatoms. The lowest BCUT2D eigenvalue weighted by atomic mass is 10.0. The number of benzene rings is 2. The van der Waals surface area contributed by atoms with Crippen LogP contribution >= 0.6 is 0 Å². The van der Waals surface area contributed by atoms with E-state index in [-0.39, 0.29) is 23.3 Å². The van der Waals surface area contributed by atoms with E-state index >= 15 is 0 Å². The molecule has 1 saturated heterocycles. The third-order valence-corrected chi connectivity index (χ3v) is 5.07. The van der Waals surface area contributed by atoms with Crippen molar-refractivity contribution < 1.29 is 28.9 Å². The average molecular weight is 399 g/mol. The van der Waals surface area contributed by atoms with Crippen LogP contribution in [0.3, 0.4) is 0 Å². The molecule has 1 heterocycles. The zero-order valence-electron chi connectivity index (χ0n) is 16.8. The number of ether oxygens (including phenoxy) is 3. The van der Waals surface area contributed by atoms with Crippen molar-refractivity contribution in [2.24, 2.45) is 0 Å². The van der Waals surface area contributed by atoms with Crippen molar-refractivity contribution in [2.75, 3.05) is 27.4 Å². The number of rotatable bonds is 6. The summed E-state index contributed by atoms with van der Waals surface area (Å²) in [6.07, 6.45) is 1.62. The van der Waals surface area contributed by atoms with E-state index in [1.54, 1.807) is 38.2 Å². The summed E-state index contributed by atoms with van der Waals surface area (Å²) in [6.45, 7) is 1.98. The van der Waals surface area contributed by atoms with Crippen molar-refractivity contribution in [2.45, 2.75) is 25.8 Å². The number of hydrogen-bond acceptors (Lipinski definition) is 6. The molecule has 1 aliphatic heterocycles. The average Bonchev–Trinajstić information content (AvgIpc) is 3.21. The summed E-state index contributed by atoms with van der Waals surface area (Å²) < 4.78 is 15.9. The second-order valence-corrected chi connectivity index (χ2v) is 6.95. The molecule has 1 amide bonds. The van der Waals surface area contributed by atoms with Crippen LogP contribution in [0.15, 0.2) is 36.4 Å². The van der Waals surface area contributed by atoms with Gasteiger partial charge in [-0.15, -0.1) is 0 Å². The lowest BCUT2D eigenvalue weighted by Gasteiger charge is -2.26. The molecule has 2 aromatic rings. The van der Waals surface area contributed by atoms with Crippen LogP contribution in [0.2, 0.25) is 0 Å². The van der Waals surface area contributed by atoms with Gasteiger partial charge in [0.2, 0.25) is 0 Å². The van der Waals surface area contributed by atoms with Gasteiger partial charge in [-0.1, -0.05) is 6.07 Å². The topological polar surface area (TPSA) is 85.3 Å². The molecule has 0 saturated carbocycles. The predicted octanol–water partition coefficient (Wildman–Crippen LogP) is 3.24. The Morgan fingerprint density at radius 1 is 1.14 bits per heavy atom. The Morgan fingerprint density at radius 3 is 2.62 bits per heavy atom. The lowest BCUT2D eigenvalue weighted by Crippen LogP contribution is -2.34. The maximum atomic E-state index is 12.8. The zero-order chi connectivity index (χ0) is 21.0. The van der Waals surface area contributed by atoms with Crippen LogP contribution in [0.5, 0.6) is 17.2 Å². The highest BCUT2D eigenvalue weighted by atomic mass is 16.5. The number of phenols is 1. The van der Waals surface area contributed by atoms with Crippen LogP contribution in [0, 0.1) is 6.92 Å². The van der Waals surface area contributed by atoms with E-state index in [0.717, 1.165) is 24.0 Å². The minimum Gasteiger partial charge on any atom is -0.507 e. The van der Waals surface area contributed by atoms with Crippen molar-refractivity contribution in [3.05, 3.63) is 53.1 Å². The van der Waals surface area contributed by atoms with E-state index in [9.17, 15) is 14.7 Å². The molecular weight excluding hydrogens is 374 g/mol. The Bertz CT molecular complexity index is 910. The van der Waals surface area contributed by atoms with Crippen molar-refractivity contribution >= 4 is 11.9 Å². The number of aromatic hydroxyl groups is 1. The van der Waals surface area contributed by atoms with Crippen molar-refractivity contribution in [1.29, 1.82) is 0 Å². The maximum absolute atomic E-state index is 12.8. The quantitative estimate of drug-likeness (QED) is 0.751. The van der Waals surface area contributed by atoms with E-state index in [0.29, 0.717) is 18.0 Å². The van der Waals surface area contributed by atoms with Gasteiger partial charge in [-0.25, -0.2) is 4.79 Å². The third-order valence-electron chi connectivity index (χ3n) is 5.07. The zero-order valence-corrected chi connectivity index (χ0v) is 16.8. The van der Waals surface area contributed by atoms with E-state index in [1.165, 1.54) is 12.1 Å². The van der Waals surface area contributed by atoms with Crippen LogP contribution in [-0.2, 0) is 9.53 Å². The van der Waals surface area contributed by atoms with Crippen LogP contribution < -0.4 is 9.47 Å². The first-order valence-corrected chi connectivity index (χ1v) is 9.42. The lowest BCUT2D eigenvalue weighted by molar-refractivity contribution is -0.135. The first kappa shape index (κ1) is 20.5. The number of carbonyl (C=O) groups is 2. The molecule has 0 spiro atoms. The first-order valence-electron chi connectivity index (χ1n) is 9.42. The second kappa shape index (κ2) is 8.86. The van der Waals surface area contributed by atoms with Gasteiger partial charge in [0, 0.05) is 12.1 Å². The van der Waals surface area contributed by atoms with Crippen molar-refractivity contribution in [1.82, 2.24) is 4.90 Å². The summed E-state index contributed by atoms with van der Waals surface area (Å²) in [6, 6.07) is 9.96. The monoisotopic (exact) mass is 399 g/mol. The Morgan fingerprint density at radius 2 is 1.93 bits per heavy atom. The normalized spacial score (nSPS) is 15.8. The minimum atomic E-state index is -0.731. The molecule has 3 rings (SSSR count). The molecule has 2 aromatic carbocycles. The smallest absolute Gasteiger partial charge is 0.342 e. The van der Waals surface area contributed by atoms with Crippen molar-refractivity contribution in [3.8, 4) is 17.2 Å². The fraction of sp³-hybridized carbons (Fsp3) is 0.364. The second-order valence-electron chi connectivity index (χ2n) is 6.95. The molecule has 0 radical (unpaired) electrons. The van der Waals surface area contributed by atoms with Gasteiger partial charge in [-0.05, 0) is 55.7 Å². The number of esters is 1. The highest BCUT2D eigenvalue weighted by Gasteiger charge is 2.32. The van der Waals surface area contributed by atoms with Crippen LogP contribution in [-0.4, -0.2) is 49.3 Å². The number of aryl methyl sites for hydroxylation is 1. The molecule has 154 valence electrons. The van der Waals surface area contributed by atoms with Gasteiger partial charge in [-0.3, -0.25) is 4.79 Å². The van der Waals surface area contributed by atoms with Crippen LogP contribution in [0.4, 0.5) is 0 Å². The number of amides is 1. The number of methoxy groups -OCH3 is 2. The summed E-state index contributed by atoms with van der Waals surface area (Å²) in [5.74, 6) is 0.170. The molecule has 0 aliphatic carbocycles. The standard InChI is InChI=1S/C22H25NO6/c1-14-6-8-16(19(24)11-14)22(26)29-13-21(25)23-10-4-5-18(23)17-12-15(27-2)7-9-20(17)28-3/h6-9,11-12,18,24H,4-5,10,13H2,1-3H3/t18-/m1/s1. The highest BCUT2D eigenvalue weighted by molar-refractivity contribution is 5.94. The summed E-state index contributed by atoms with van der Waals surface area (Å²) in [5, 5.41) is 9.91. The molecule has 0 unspecified atom stereocenters. The Balaban J connectivity index is 1.71. The minimum absolute atomic E-state index is 0.0378. The van der Waals surface area contributed by atoms with Gasteiger partial charge < -0.3 is 24.2 Å². The Kier molecular flexibility index (Phi) is 6.26. The van der Waals surface area contributed by atoms with Gasteiger partial charge in [0.25, 0.3) is 5.91 Å². The summed E-state index contributed by atoms with van der Waals surface area (Å²) in [7, 11) is 3.17. The van der Waals surface area contributed by atoms with Gasteiger partial charge in [0.1, 0.15) is 22.8 Å². The fourth-order valence-corrected chi connectivity index (χ4v) is 3.59. The summed E-state index contributed by atoms with van der Waals surface area (Å²) >= 11 is 0. The van der Waals surface area contributed by atoms with E-state index < -0.39 is 12.6 Å². The number of nitrogens with zero attached hydrogens (tertiary/aromatic N) is 1. The SMILES string of the molecule is COc1ccc(OC)c([C@H]2CCCN2C(=O)COC(=O)c2ccc(C)cc2O)c1. The molecule has 29 heavy (non-hydrogen) atoms. The summed E-state index contributed by atoms with van der Waals surface area (Å²) in [4.78, 5) is 26.7. The molecule has 0 bridgehead atoms. The number of likely N-dealkylation sites (tertiary alicyclic amines) is 1. The Hall–Kier alpha value is -3.22. The maximum Gasteiger partial charge on any atom is 0.342 e. The predicted molar refractivity (Wildman–Crippen MR) is 106 cm³/mol. The highest BCUT2D eigenvalue weighted by Crippen LogP contribution is 2.39. The third kappa shape index (κ3) is 4.45. The summed E-state index contributed by atoms with van der Waals surface area (Å²) in [5.41, 5.74) is 1.72. The van der Waals surface area contributed by atoms with E-state index in [1.807, 2.05) is 12.1 Å². The molecule has 1 fully saturated rings. The van der Waals surface area contributed by atoms with Crippen LogP contribution in [0.1, 0.15) is 40.4 Å². The molecule has 0 aromatic heterocycles. The largest absolute Gasteiger partial charge is 0.507 e. The van der Waals surface area contributed by atoms with Crippen molar-refractivity contribution in [3.63, 3.8) is 0 Å². The van der Waals surface area contributed by atoms with Gasteiger partial charge in [-0.2, -0.15) is 0 Å².